The van der Waals surface area contributed by atoms with Crippen LogP contribution in [0.5, 0.6) is 0 Å². The summed E-state index contributed by atoms with van der Waals surface area (Å²) < 4.78 is 1.92. The van der Waals surface area contributed by atoms with E-state index >= 15 is 0 Å². The van der Waals surface area contributed by atoms with Gasteiger partial charge in [0.2, 0.25) is 0 Å². The second-order valence-electron chi connectivity index (χ2n) is 6.72. The second kappa shape index (κ2) is 7.58. The van der Waals surface area contributed by atoms with E-state index in [0.717, 1.165) is 42.6 Å². The molecule has 3 rings (SSSR count). The highest BCUT2D eigenvalue weighted by molar-refractivity contribution is 6.30. The largest absolute Gasteiger partial charge is 0.336 e. The van der Waals surface area contributed by atoms with Crippen LogP contribution in [0.25, 0.3) is 5.69 Å². The highest BCUT2D eigenvalue weighted by Crippen LogP contribution is 2.27. The topological polar surface area (TPSA) is 64.2 Å². The summed E-state index contributed by atoms with van der Waals surface area (Å²) in [5, 5.41) is 5.40. The van der Waals surface area contributed by atoms with E-state index in [9.17, 15) is 4.79 Å². The first kappa shape index (κ1) is 18.0. The number of nitrogens with two attached hydrogens (primary N) is 1. The van der Waals surface area contributed by atoms with Crippen LogP contribution in [0, 0.1) is 0 Å². The van der Waals surface area contributed by atoms with Crippen LogP contribution in [0.1, 0.15) is 47.9 Å². The first-order valence-electron chi connectivity index (χ1n) is 8.87. The Kier molecular flexibility index (Phi) is 5.45. The Bertz CT molecular complexity index is 754. The van der Waals surface area contributed by atoms with Crippen LogP contribution in [0.15, 0.2) is 24.3 Å². The van der Waals surface area contributed by atoms with E-state index in [1.807, 2.05) is 35.9 Å². The highest BCUT2D eigenvalue weighted by Gasteiger charge is 2.27. The van der Waals surface area contributed by atoms with E-state index in [1.165, 1.54) is 6.42 Å². The van der Waals surface area contributed by atoms with Crippen LogP contribution in [0.3, 0.4) is 0 Å². The standard InChI is InChI=1S/C19H25ClN4O/c1-13(12-21)23(2)19(25)18-16-6-4-3-5-7-17(16)24(22-18)15-10-8-14(20)9-11-15/h8-11,13H,3-7,12,21H2,1-2H3. The Hall–Kier alpha value is -1.85. The Balaban J connectivity index is 2.07. The molecule has 0 fully saturated rings. The lowest BCUT2D eigenvalue weighted by Gasteiger charge is -2.23. The van der Waals surface area contributed by atoms with Crippen LogP contribution in [-0.2, 0) is 12.8 Å². The number of carbonyl (C=O) groups excluding carboxylic acids is 1. The van der Waals surface area contributed by atoms with Crippen molar-refractivity contribution in [3.8, 4) is 5.69 Å². The van der Waals surface area contributed by atoms with Gasteiger partial charge in [-0.15, -0.1) is 0 Å². The number of aromatic nitrogens is 2. The van der Waals surface area contributed by atoms with Gasteiger partial charge in [0.15, 0.2) is 5.69 Å². The van der Waals surface area contributed by atoms with Gasteiger partial charge < -0.3 is 10.6 Å². The maximum Gasteiger partial charge on any atom is 0.274 e. The molecule has 0 bridgehead atoms. The Morgan fingerprint density at radius 3 is 2.64 bits per heavy atom. The van der Waals surface area contributed by atoms with Crippen molar-refractivity contribution in [2.45, 2.75) is 45.1 Å². The Morgan fingerprint density at radius 2 is 1.96 bits per heavy atom. The molecule has 0 saturated carbocycles. The monoisotopic (exact) mass is 360 g/mol. The fourth-order valence-electron chi connectivity index (χ4n) is 3.27. The van der Waals surface area contributed by atoms with E-state index in [4.69, 9.17) is 22.4 Å². The molecule has 2 N–H and O–H groups in total. The molecule has 1 amide bonds. The maximum absolute atomic E-state index is 13.0. The molecule has 0 spiro atoms. The number of carbonyl (C=O) groups is 1. The summed E-state index contributed by atoms with van der Waals surface area (Å²) in [6.45, 7) is 2.38. The Morgan fingerprint density at radius 1 is 1.28 bits per heavy atom. The predicted octanol–water partition coefficient (Wildman–Crippen LogP) is 3.21. The number of nitrogens with zero attached hydrogens (tertiary/aromatic N) is 3. The van der Waals surface area contributed by atoms with Crippen LogP contribution >= 0.6 is 11.6 Å². The van der Waals surface area contributed by atoms with Crippen molar-refractivity contribution in [1.82, 2.24) is 14.7 Å². The number of rotatable bonds is 4. The zero-order chi connectivity index (χ0) is 18.0. The number of hydrogen-bond donors (Lipinski definition) is 1. The van der Waals surface area contributed by atoms with Crippen LogP contribution in [0.2, 0.25) is 5.02 Å². The molecule has 0 radical (unpaired) electrons. The number of fused-ring (bicyclic) bond motifs is 1. The fourth-order valence-corrected chi connectivity index (χ4v) is 3.39. The average Bonchev–Trinajstić information content (AvgIpc) is 2.81. The van der Waals surface area contributed by atoms with E-state index in [2.05, 4.69) is 0 Å². The molecule has 25 heavy (non-hydrogen) atoms. The van der Waals surface area contributed by atoms with Gasteiger partial charge in [-0.25, -0.2) is 4.68 Å². The lowest BCUT2D eigenvalue weighted by atomic mass is 10.1. The summed E-state index contributed by atoms with van der Waals surface area (Å²) in [7, 11) is 1.80. The van der Waals surface area contributed by atoms with Gasteiger partial charge in [-0.2, -0.15) is 5.10 Å². The van der Waals surface area contributed by atoms with Crippen molar-refractivity contribution in [2.24, 2.45) is 5.73 Å². The third-order valence-electron chi connectivity index (χ3n) is 5.03. The van der Waals surface area contributed by atoms with Crippen molar-refractivity contribution in [1.29, 1.82) is 0 Å². The number of likely N-dealkylation sites (N-methyl/N-ethyl adjacent to an activating group) is 1. The minimum atomic E-state index is -0.0520. The van der Waals surface area contributed by atoms with Gasteiger partial charge in [-0.05, 0) is 56.9 Å². The van der Waals surface area contributed by atoms with Gasteiger partial charge >= 0.3 is 0 Å². The summed E-state index contributed by atoms with van der Waals surface area (Å²) in [5.74, 6) is -0.0520. The molecule has 6 heteroatoms. The van der Waals surface area contributed by atoms with E-state index in [0.29, 0.717) is 17.3 Å². The van der Waals surface area contributed by atoms with Gasteiger partial charge in [-0.1, -0.05) is 18.0 Å². The Labute approximate surface area is 153 Å². The smallest absolute Gasteiger partial charge is 0.274 e. The zero-order valence-corrected chi connectivity index (χ0v) is 15.6. The van der Waals surface area contributed by atoms with Gasteiger partial charge in [0.05, 0.1) is 5.69 Å². The van der Waals surface area contributed by atoms with Crippen LogP contribution in [0.4, 0.5) is 0 Å². The quantitative estimate of drug-likeness (QED) is 0.851. The zero-order valence-electron chi connectivity index (χ0n) is 14.8. The molecule has 1 heterocycles. The maximum atomic E-state index is 13.0. The van der Waals surface area contributed by atoms with Gasteiger partial charge in [0.1, 0.15) is 0 Å². The summed E-state index contributed by atoms with van der Waals surface area (Å²) >= 11 is 6.01. The van der Waals surface area contributed by atoms with E-state index < -0.39 is 0 Å². The molecule has 2 aromatic rings. The van der Waals surface area contributed by atoms with E-state index in [1.54, 1.807) is 11.9 Å². The van der Waals surface area contributed by atoms with Gasteiger partial charge in [0, 0.05) is 35.9 Å². The molecule has 134 valence electrons. The SMILES string of the molecule is CC(CN)N(C)C(=O)c1nn(-c2ccc(Cl)cc2)c2c1CCCCC2. The van der Waals surface area contributed by atoms with Crippen molar-refractivity contribution >= 4 is 17.5 Å². The minimum Gasteiger partial charge on any atom is -0.336 e. The molecule has 0 aliphatic heterocycles. The van der Waals surface area contributed by atoms with Gasteiger partial charge in [0.25, 0.3) is 5.91 Å². The average molecular weight is 361 g/mol. The molecular formula is C19H25ClN4O. The van der Waals surface area contributed by atoms with Crippen molar-refractivity contribution in [2.75, 3.05) is 13.6 Å². The molecule has 1 aromatic carbocycles. The molecular weight excluding hydrogens is 336 g/mol. The number of benzene rings is 1. The third kappa shape index (κ3) is 3.58. The van der Waals surface area contributed by atoms with Gasteiger partial charge in [-0.3, -0.25) is 4.79 Å². The lowest BCUT2D eigenvalue weighted by Crippen LogP contribution is -2.40. The highest BCUT2D eigenvalue weighted by atomic mass is 35.5. The first-order valence-corrected chi connectivity index (χ1v) is 9.24. The molecule has 1 atom stereocenters. The normalized spacial score (nSPS) is 15.4. The number of halogens is 1. The van der Waals surface area contributed by atoms with Crippen LogP contribution in [-0.4, -0.2) is 40.2 Å². The number of amides is 1. The molecule has 1 aliphatic rings. The molecule has 1 aliphatic carbocycles. The summed E-state index contributed by atoms with van der Waals surface area (Å²) in [6, 6.07) is 7.58. The van der Waals surface area contributed by atoms with Crippen molar-refractivity contribution in [3.05, 3.63) is 46.2 Å². The number of hydrogen-bond acceptors (Lipinski definition) is 3. The molecule has 5 nitrogen and oxygen atoms in total. The lowest BCUT2D eigenvalue weighted by molar-refractivity contribution is 0.0741. The fraction of sp³-hybridized carbons (Fsp3) is 0.474. The predicted molar refractivity (Wildman–Crippen MR) is 100 cm³/mol. The van der Waals surface area contributed by atoms with E-state index in [-0.39, 0.29) is 11.9 Å². The van der Waals surface area contributed by atoms with Crippen molar-refractivity contribution in [3.63, 3.8) is 0 Å². The summed E-state index contributed by atoms with van der Waals surface area (Å²) in [5.41, 5.74) is 9.48. The second-order valence-corrected chi connectivity index (χ2v) is 7.16. The van der Waals surface area contributed by atoms with Crippen molar-refractivity contribution < 1.29 is 4.79 Å². The minimum absolute atomic E-state index is 0.0189. The molecule has 1 aromatic heterocycles. The van der Waals surface area contributed by atoms with Crippen LogP contribution < -0.4 is 5.73 Å². The summed E-state index contributed by atoms with van der Waals surface area (Å²) in [6.07, 6.45) is 5.23. The molecule has 1 unspecified atom stereocenters. The third-order valence-corrected chi connectivity index (χ3v) is 5.28. The molecule has 0 saturated heterocycles. The summed E-state index contributed by atoms with van der Waals surface area (Å²) in [4.78, 5) is 14.7. The first-order chi connectivity index (χ1) is 12.0.